The van der Waals surface area contributed by atoms with Crippen molar-refractivity contribution in [3.05, 3.63) is 59.7 Å². The molecule has 0 heterocycles. The largest absolute Gasteiger partial charge is 0.465 e. The third kappa shape index (κ3) is 3.96. The van der Waals surface area contributed by atoms with Crippen LogP contribution in [-0.2, 0) is 14.3 Å². The maximum absolute atomic E-state index is 12.4. The number of para-hydroxylation sites is 2. The van der Waals surface area contributed by atoms with Gasteiger partial charge in [-0.05, 0) is 30.7 Å². The molecule has 0 radical (unpaired) electrons. The summed E-state index contributed by atoms with van der Waals surface area (Å²) < 4.78 is 4.70. The molecule has 1 aliphatic rings. The van der Waals surface area contributed by atoms with Crippen LogP contribution < -0.4 is 10.6 Å². The summed E-state index contributed by atoms with van der Waals surface area (Å²) in [5.74, 6) is -2.14. The number of benzene rings is 2. The Morgan fingerprint density at radius 3 is 2.15 bits per heavy atom. The third-order valence-electron chi connectivity index (χ3n) is 4.36. The summed E-state index contributed by atoms with van der Waals surface area (Å²) in [5.41, 5.74) is 1.37. The molecule has 2 aromatic carbocycles. The Morgan fingerprint density at radius 1 is 0.963 bits per heavy atom. The summed E-state index contributed by atoms with van der Waals surface area (Å²) >= 11 is 0. The number of nitrogens with zero attached hydrogens (tertiary/aromatic N) is 1. The summed E-state index contributed by atoms with van der Waals surface area (Å²) in [7, 11) is 1.27. The molecule has 27 heavy (non-hydrogen) atoms. The first-order valence-corrected chi connectivity index (χ1v) is 8.33. The maximum Gasteiger partial charge on any atom is 0.339 e. The number of nitriles is 1. The number of hydrogen-bond acceptors (Lipinski definition) is 5. The molecule has 0 aromatic heterocycles. The molecule has 0 spiro atoms. The van der Waals surface area contributed by atoms with Gasteiger partial charge in [0.25, 0.3) is 0 Å². The Morgan fingerprint density at radius 2 is 1.52 bits per heavy atom. The molecule has 2 aromatic rings. The fourth-order valence-corrected chi connectivity index (χ4v) is 2.80. The van der Waals surface area contributed by atoms with E-state index in [9.17, 15) is 14.4 Å². The quantitative estimate of drug-likeness (QED) is 0.794. The fourth-order valence-electron chi connectivity index (χ4n) is 2.80. The first kappa shape index (κ1) is 18.1. The smallest absolute Gasteiger partial charge is 0.339 e. The molecule has 136 valence electrons. The second kappa shape index (κ2) is 7.70. The minimum Gasteiger partial charge on any atom is -0.465 e. The molecule has 1 aliphatic carbocycles. The number of hydrogen-bond donors (Lipinski definition) is 2. The Kier molecular flexibility index (Phi) is 5.18. The zero-order valence-electron chi connectivity index (χ0n) is 14.6. The standard InChI is InChI=1S/C20H17N3O4/c1-27-20(26)13-7-3-5-9-17(13)23-19(25)15-10-14(15)18(24)22-16-8-4-2-6-12(16)11-21/h2-9,14-15H,10H2,1H3,(H,22,24)(H,23,25). The highest BCUT2D eigenvalue weighted by atomic mass is 16.5. The lowest BCUT2D eigenvalue weighted by atomic mass is 10.1. The van der Waals surface area contributed by atoms with Gasteiger partial charge in [-0.1, -0.05) is 24.3 Å². The summed E-state index contributed by atoms with van der Waals surface area (Å²) in [6.45, 7) is 0. The molecule has 3 rings (SSSR count). The zero-order chi connectivity index (χ0) is 19.4. The fraction of sp³-hybridized carbons (Fsp3) is 0.200. The van der Waals surface area contributed by atoms with Crippen LogP contribution in [-0.4, -0.2) is 24.9 Å². The number of nitrogens with one attached hydrogen (secondary N) is 2. The minimum atomic E-state index is -0.552. The molecule has 2 N–H and O–H groups in total. The van der Waals surface area contributed by atoms with Gasteiger partial charge in [0, 0.05) is 0 Å². The average molecular weight is 363 g/mol. The van der Waals surface area contributed by atoms with E-state index in [1.54, 1.807) is 48.5 Å². The van der Waals surface area contributed by atoms with Crippen molar-refractivity contribution in [2.24, 2.45) is 11.8 Å². The lowest BCUT2D eigenvalue weighted by Gasteiger charge is -2.10. The second-order valence-corrected chi connectivity index (χ2v) is 6.12. The predicted molar refractivity (Wildman–Crippen MR) is 97.8 cm³/mol. The first-order valence-electron chi connectivity index (χ1n) is 8.33. The van der Waals surface area contributed by atoms with E-state index >= 15 is 0 Å². The van der Waals surface area contributed by atoms with Crippen molar-refractivity contribution in [2.75, 3.05) is 17.7 Å². The summed E-state index contributed by atoms with van der Waals surface area (Å²) in [6.07, 6.45) is 0.410. The Hall–Kier alpha value is -3.66. The predicted octanol–water partition coefficient (Wildman–Crippen LogP) is 2.56. The van der Waals surface area contributed by atoms with E-state index in [1.165, 1.54) is 7.11 Å². The lowest BCUT2D eigenvalue weighted by Crippen LogP contribution is -2.21. The number of carbonyl (C=O) groups excluding carboxylic acids is 3. The molecular formula is C20H17N3O4. The highest BCUT2D eigenvalue weighted by Crippen LogP contribution is 2.40. The third-order valence-corrected chi connectivity index (χ3v) is 4.36. The van der Waals surface area contributed by atoms with Crippen LogP contribution in [0.5, 0.6) is 0 Å². The van der Waals surface area contributed by atoms with Gasteiger partial charge in [0.1, 0.15) is 6.07 Å². The Labute approximate surface area is 155 Å². The molecule has 2 unspecified atom stereocenters. The number of rotatable bonds is 5. The number of methoxy groups -OCH3 is 1. The molecule has 7 nitrogen and oxygen atoms in total. The molecule has 0 aliphatic heterocycles. The van der Waals surface area contributed by atoms with E-state index in [0.29, 0.717) is 23.4 Å². The molecule has 7 heteroatoms. The van der Waals surface area contributed by atoms with Gasteiger partial charge in [-0.15, -0.1) is 0 Å². The van der Waals surface area contributed by atoms with Crippen molar-refractivity contribution >= 4 is 29.2 Å². The van der Waals surface area contributed by atoms with E-state index in [-0.39, 0.29) is 17.4 Å². The topological polar surface area (TPSA) is 108 Å². The van der Waals surface area contributed by atoms with Crippen LogP contribution in [0.2, 0.25) is 0 Å². The summed E-state index contributed by atoms with van der Waals surface area (Å²) in [5, 5.41) is 14.5. The number of esters is 1. The summed E-state index contributed by atoms with van der Waals surface area (Å²) in [4.78, 5) is 36.6. The molecular weight excluding hydrogens is 346 g/mol. The molecule has 1 saturated carbocycles. The number of amides is 2. The minimum absolute atomic E-state index is 0.248. The molecule has 1 fully saturated rings. The van der Waals surface area contributed by atoms with Crippen LogP contribution in [0.15, 0.2) is 48.5 Å². The second-order valence-electron chi connectivity index (χ2n) is 6.12. The van der Waals surface area contributed by atoms with E-state index in [0.717, 1.165) is 0 Å². The Bertz CT molecular complexity index is 948. The normalized spacial score (nSPS) is 17.3. The van der Waals surface area contributed by atoms with Crippen LogP contribution in [0.4, 0.5) is 11.4 Å². The van der Waals surface area contributed by atoms with Gasteiger partial charge in [0.15, 0.2) is 0 Å². The first-order chi connectivity index (χ1) is 13.0. The van der Waals surface area contributed by atoms with Crippen LogP contribution in [0.3, 0.4) is 0 Å². The lowest BCUT2D eigenvalue weighted by molar-refractivity contribution is -0.122. The SMILES string of the molecule is COC(=O)c1ccccc1NC(=O)C1CC1C(=O)Nc1ccccc1C#N. The zero-order valence-corrected chi connectivity index (χ0v) is 14.6. The van der Waals surface area contributed by atoms with E-state index in [2.05, 4.69) is 10.6 Å². The van der Waals surface area contributed by atoms with Crippen molar-refractivity contribution in [3.8, 4) is 6.07 Å². The van der Waals surface area contributed by atoms with Gasteiger partial charge >= 0.3 is 5.97 Å². The van der Waals surface area contributed by atoms with Gasteiger partial charge < -0.3 is 15.4 Å². The van der Waals surface area contributed by atoms with Gasteiger partial charge in [-0.25, -0.2) is 4.79 Å². The van der Waals surface area contributed by atoms with Crippen LogP contribution in [0.25, 0.3) is 0 Å². The average Bonchev–Trinajstić information content (AvgIpc) is 3.49. The van der Waals surface area contributed by atoms with Crippen molar-refractivity contribution < 1.29 is 19.1 Å². The van der Waals surface area contributed by atoms with Crippen LogP contribution >= 0.6 is 0 Å². The molecule has 0 bridgehead atoms. The van der Waals surface area contributed by atoms with Gasteiger partial charge in [0.2, 0.25) is 11.8 Å². The number of ether oxygens (including phenoxy) is 1. The number of anilines is 2. The molecule has 2 amide bonds. The van der Waals surface area contributed by atoms with Crippen LogP contribution in [0.1, 0.15) is 22.3 Å². The van der Waals surface area contributed by atoms with Crippen molar-refractivity contribution in [1.29, 1.82) is 5.26 Å². The van der Waals surface area contributed by atoms with Crippen LogP contribution in [0, 0.1) is 23.2 Å². The summed E-state index contributed by atoms with van der Waals surface area (Å²) in [6, 6.07) is 15.2. The van der Waals surface area contributed by atoms with Gasteiger partial charge in [0.05, 0.1) is 41.4 Å². The molecule has 2 atom stereocenters. The van der Waals surface area contributed by atoms with E-state index < -0.39 is 17.8 Å². The van der Waals surface area contributed by atoms with Crippen molar-refractivity contribution in [1.82, 2.24) is 0 Å². The number of carbonyl (C=O) groups is 3. The van der Waals surface area contributed by atoms with E-state index in [4.69, 9.17) is 10.00 Å². The van der Waals surface area contributed by atoms with Crippen molar-refractivity contribution in [2.45, 2.75) is 6.42 Å². The van der Waals surface area contributed by atoms with E-state index in [1.807, 2.05) is 6.07 Å². The molecule has 0 saturated heterocycles. The highest BCUT2D eigenvalue weighted by molar-refractivity contribution is 6.06. The maximum atomic E-state index is 12.4. The Balaban J connectivity index is 1.64. The van der Waals surface area contributed by atoms with Gasteiger partial charge in [-0.3, -0.25) is 9.59 Å². The highest BCUT2D eigenvalue weighted by Gasteiger charge is 2.48. The van der Waals surface area contributed by atoms with Crippen molar-refractivity contribution in [3.63, 3.8) is 0 Å². The monoisotopic (exact) mass is 363 g/mol. The van der Waals surface area contributed by atoms with Gasteiger partial charge in [-0.2, -0.15) is 5.26 Å².